The highest BCUT2D eigenvalue weighted by molar-refractivity contribution is 8.33. The fourth-order valence-corrected chi connectivity index (χ4v) is 12.2. The molecular weight excluding hydrogens is 617 g/mol. The van der Waals surface area contributed by atoms with Crippen molar-refractivity contribution in [3.05, 3.63) is 115 Å². The van der Waals surface area contributed by atoms with Gasteiger partial charge in [-0.15, -0.1) is 22.7 Å². The summed E-state index contributed by atoms with van der Waals surface area (Å²) in [6.45, 7) is 0. The molecule has 0 saturated heterocycles. The van der Waals surface area contributed by atoms with Gasteiger partial charge in [0.05, 0.1) is 9.75 Å². The van der Waals surface area contributed by atoms with Gasteiger partial charge in [0, 0.05) is 53.0 Å². The summed E-state index contributed by atoms with van der Waals surface area (Å²) in [5, 5.41) is 38.7. The fourth-order valence-electron chi connectivity index (χ4n) is 6.10. The van der Waals surface area contributed by atoms with Crippen LogP contribution < -0.4 is 0 Å². The number of hydrogen-bond donors (Lipinski definition) is 0. The van der Waals surface area contributed by atoms with Gasteiger partial charge in [0.15, 0.2) is 11.6 Å². The molecule has 0 amide bonds. The van der Waals surface area contributed by atoms with E-state index in [1.807, 2.05) is 24.3 Å². The molecule has 2 aromatic heterocycles. The van der Waals surface area contributed by atoms with Crippen LogP contribution in [0.5, 0.6) is 0 Å². The second kappa shape index (κ2) is 10.3. The van der Waals surface area contributed by atoms with E-state index in [-0.39, 0.29) is 22.7 Å². The summed E-state index contributed by atoms with van der Waals surface area (Å²) in [7, 11) is -1.44. The minimum Gasteiger partial charge on any atom is -0.289 e. The van der Waals surface area contributed by atoms with E-state index in [0.717, 1.165) is 19.5 Å². The van der Waals surface area contributed by atoms with Crippen molar-refractivity contribution in [2.24, 2.45) is 0 Å². The molecule has 0 fully saturated rings. The highest BCUT2D eigenvalue weighted by Gasteiger charge is 2.38. The molecule has 1 aliphatic heterocycles. The number of carbonyl (C=O) groups is 2. The molecule has 0 radical (unpaired) electrons. The molecule has 0 spiro atoms. The number of rotatable bonds is 2. The van der Waals surface area contributed by atoms with Crippen LogP contribution in [0.25, 0.3) is 33.1 Å². The fraction of sp³-hybridized carbons (Fsp3) is 0.0556. The Hall–Kier alpha value is -5.55. The van der Waals surface area contributed by atoms with E-state index >= 15 is 0 Å². The van der Waals surface area contributed by atoms with E-state index in [9.17, 15) is 30.6 Å². The van der Waals surface area contributed by atoms with E-state index in [1.54, 1.807) is 83.4 Å². The van der Waals surface area contributed by atoms with Gasteiger partial charge in [-0.1, -0.05) is 48.5 Å². The van der Waals surface area contributed by atoms with Gasteiger partial charge in [0.25, 0.3) is 0 Å². The number of benzene rings is 2. The lowest BCUT2D eigenvalue weighted by Crippen LogP contribution is -1.95. The topological polar surface area (TPSA) is 129 Å². The van der Waals surface area contributed by atoms with Crippen molar-refractivity contribution >= 4 is 67.6 Å². The molecule has 3 aliphatic rings. The van der Waals surface area contributed by atoms with E-state index in [2.05, 4.69) is 24.6 Å². The number of carbonyl (C=O) groups excluding carboxylic acids is 2. The molecule has 2 aliphatic carbocycles. The molecule has 45 heavy (non-hydrogen) atoms. The first-order valence-corrected chi connectivity index (χ1v) is 17.6. The van der Waals surface area contributed by atoms with Crippen molar-refractivity contribution in [2.45, 2.75) is 9.79 Å². The number of nitrogens with zero attached hydrogens (tertiary/aromatic N) is 4. The number of hydrogen-bond acceptors (Lipinski definition) is 8. The van der Waals surface area contributed by atoms with Crippen molar-refractivity contribution in [3.63, 3.8) is 0 Å². The first kappa shape index (κ1) is 28.2. The average molecular weight is 635 g/mol. The minimum absolute atomic E-state index is 0.0965. The highest BCUT2D eigenvalue weighted by atomic mass is 32.3. The number of Topliss-reactive ketones (excluding diaryl/α,β-unsaturated/α-hetero) is 2. The molecule has 7 rings (SSSR count). The van der Waals surface area contributed by atoms with Gasteiger partial charge in [-0.05, 0) is 47.9 Å². The van der Waals surface area contributed by atoms with Gasteiger partial charge in [-0.25, -0.2) is 0 Å². The SMILES string of the molecule is CS1(C)c2cc(/C=C3\C(=O)c4ccccc4C3=C(C#N)C#N)sc2-c2sc(/C=C3\C(=O)c4ccccc4C3=C(C#N)C#N)cc21. The summed E-state index contributed by atoms with van der Waals surface area (Å²) in [5.41, 5.74) is 3.35. The predicted molar refractivity (Wildman–Crippen MR) is 177 cm³/mol. The van der Waals surface area contributed by atoms with Crippen LogP contribution in [0.4, 0.5) is 0 Å². The number of allylic oxidation sites excluding steroid dienone is 6. The number of thiophene rings is 2. The molecule has 0 bridgehead atoms. The van der Waals surface area contributed by atoms with Gasteiger partial charge < -0.3 is 0 Å². The first-order chi connectivity index (χ1) is 21.7. The Labute approximate surface area is 268 Å². The maximum absolute atomic E-state index is 13.5. The van der Waals surface area contributed by atoms with Crippen LogP contribution in [0, 0.1) is 45.3 Å². The van der Waals surface area contributed by atoms with Gasteiger partial charge in [0.1, 0.15) is 35.4 Å². The van der Waals surface area contributed by atoms with Crippen LogP contribution in [-0.2, 0) is 0 Å². The van der Waals surface area contributed by atoms with Crippen LogP contribution in [0.1, 0.15) is 41.6 Å². The maximum Gasteiger partial charge on any atom is 0.194 e. The summed E-state index contributed by atoms with van der Waals surface area (Å²) < 4.78 is 0. The van der Waals surface area contributed by atoms with Crippen molar-refractivity contribution in [1.29, 1.82) is 21.0 Å². The smallest absolute Gasteiger partial charge is 0.194 e. The zero-order valence-corrected chi connectivity index (χ0v) is 26.2. The van der Waals surface area contributed by atoms with Crippen molar-refractivity contribution in [1.82, 2.24) is 0 Å². The molecule has 0 N–H and O–H groups in total. The standard InChI is InChI=1S/C36H18N4O2S3/c1-45(2)29-13-21(11-27-31(19(15-37)16-38)23-7-3-5-9-25(23)33(27)41)43-35(29)36-30(45)14-22(44-36)12-28-32(20(17-39)18-40)24-8-4-6-10-26(24)34(28)42/h3-14H,1-2H3/b27-11-,28-12-. The second-order valence-electron chi connectivity index (χ2n) is 10.8. The normalized spacial score (nSPS) is 17.6. The van der Waals surface area contributed by atoms with Crippen LogP contribution in [0.2, 0.25) is 0 Å². The molecule has 2 aromatic carbocycles. The van der Waals surface area contributed by atoms with Crippen LogP contribution >= 0.6 is 32.7 Å². The molecule has 0 atom stereocenters. The van der Waals surface area contributed by atoms with Gasteiger partial charge in [-0.2, -0.15) is 31.1 Å². The largest absolute Gasteiger partial charge is 0.289 e. The molecule has 0 saturated carbocycles. The Morgan fingerprint density at radius 2 is 0.978 bits per heavy atom. The Morgan fingerprint density at radius 1 is 0.622 bits per heavy atom. The summed E-state index contributed by atoms with van der Waals surface area (Å²) in [4.78, 5) is 33.2. The second-order valence-corrected chi connectivity index (χ2v) is 16.5. The quantitative estimate of drug-likeness (QED) is 0.161. The van der Waals surface area contributed by atoms with Gasteiger partial charge >= 0.3 is 0 Å². The zero-order valence-electron chi connectivity index (χ0n) is 23.8. The third-order valence-corrected chi connectivity index (χ3v) is 13.6. The molecule has 6 nitrogen and oxygen atoms in total. The predicted octanol–water partition coefficient (Wildman–Crippen LogP) is 8.43. The summed E-state index contributed by atoms with van der Waals surface area (Å²) in [5.74, 6) is -0.427. The summed E-state index contributed by atoms with van der Waals surface area (Å²) in [6.07, 6.45) is 8.00. The van der Waals surface area contributed by atoms with Crippen LogP contribution in [0.3, 0.4) is 0 Å². The van der Waals surface area contributed by atoms with Gasteiger partial charge in [-0.3, -0.25) is 9.59 Å². The van der Waals surface area contributed by atoms with Crippen molar-refractivity contribution < 1.29 is 9.59 Å². The number of ketones is 2. The number of nitriles is 4. The van der Waals surface area contributed by atoms with E-state index < -0.39 is 10.0 Å². The molecule has 9 heteroatoms. The molecule has 4 aromatic rings. The average Bonchev–Trinajstić information content (AvgIpc) is 3.82. The Kier molecular flexibility index (Phi) is 6.45. The summed E-state index contributed by atoms with van der Waals surface area (Å²) >= 11 is 3.11. The Balaban J connectivity index is 1.34. The van der Waals surface area contributed by atoms with Crippen LogP contribution in [-0.4, -0.2) is 24.1 Å². The number of fused-ring (bicyclic) bond motifs is 5. The maximum atomic E-state index is 13.5. The molecule has 212 valence electrons. The van der Waals surface area contributed by atoms with E-state index in [1.165, 1.54) is 9.79 Å². The van der Waals surface area contributed by atoms with Crippen molar-refractivity contribution in [2.75, 3.05) is 12.5 Å². The van der Waals surface area contributed by atoms with Gasteiger partial charge in [0.2, 0.25) is 0 Å². The third-order valence-electron chi connectivity index (χ3n) is 8.17. The van der Waals surface area contributed by atoms with E-state index in [0.29, 0.717) is 44.5 Å². The van der Waals surface area contributed by atoms with Crippen molar-refractivity contribution in [3.8, 4) is 34.0 Å². The van der Waals surface area contributed by atoms with E-state index in [4.69, 9.17) is 0 Å². The van der Waals surface area contributed by atoms with Crippen LogP contribution in [0.15, 0.2) is 92.7 Å². The third kappa shape index (κ3) is 4.04. The lowest BCUT2D eigenvalue weighted by molar-refractivity contribution is 0.103. The zero-order chi connectivity index (χ0) is 31.6. The lowest BCUT2D eigenvalue weighted by Gasteiger charge is -2.26. The molecule has 0 unspecified atom stereocenters. The minimum atomic E-state index is -1.44. The summed E-state index contributed by atoms with van der Waals surface area (Å²) in [6, 6.07) is 26.1. The monoisotopic (exact) mass is 634 g/mol. The first-order valence-electron chi connectivity index (χ1n) is 13.6. The molecular formula is C36H18N4O2S3. The lowest BCUT2D eigenvalue weighted by atomic mass is 9.99. The highest BCUT2D eigenvalue weighted by Crippen LogP contribution is 2.71. The Morgan fingerprint density at radius 3 is 1.33 bits per heavy atom. The Bertz CT molecular complexity index is 2190. The molecule has 3 heterocycles.